The van der Waals surface area contributed by atoms with Gasteiger partial charge in [0.25, 0.3) is 0 Å². The molecule has 2 N–H and O–H groups in total. The van der Waals surface area contributed by atoms with Gasteiger partial charge in [0.1, 0.15) is 0 Å². The van der Waals surface area contributed by atoms with Gasteiger partial charge in [0, 0.05) is 5.56 Å². The summed E-state index contributed by atoms with van der Waals surface area (Å²) in [6.45, 7) is -0.242. The number of aliphatic hydroxyl groups is 1. The Labute approximate surface area is 80.8 Å². The molecule has 4 nitrogen and oxygen atoms in total. The first kappa shape index (κ1) is 10.0. The Hall–Kier alpha value is -1.04. The molecule has 1 rings (SSSR count). The second-order valence-corrected chi connectivity index (χ2v) is 2.76. The van der Waals surface area contributed by atoms with Crippen molar-refractivity contribution in [1.82, 2.24) is 0 Å². The lowest BCUT2D eigenvalue weighted by atomic mass is 10.2. The molecule has 13 heavy (non-hydrogen) atoms. The third kappa shape index (κ3) is 2.21. The average Bonchev–Trinajstić information content (AvgIpc) is 2.16. The van der Waals surface area contributed by atoms with Crippen LogP contribution in [-0.2, 0) is 6.61 Å². The molecule has 70 valence electrons. The highest BCUT2D eigenvalue weighted by Crippen LogP contribution is 2.19. The van der Waals surface area contributed by atoms with Gasteiger partial charge in [-0.25, -0.2) is 0 Å². The zero-order valence-electron chi connectivity index (χ0n) is 6.71. The van der Waals surface area contributed by atoms with Crippen molar-refractivity contribution in [1.29, 1.82) is 0 Å². The number of carbonyl (C=O) groups excluding carboxylic acids is 1. The molecule has 0 aliphatic carbocycles. The molecule has 0 aromatic heterocycles. The summed E-state index contributed by atoms with van der Waals surface area (Å²) in [6.07, 6.45) is 0. The van der Waals surface area contributed by atoms with Gasteiger partial charge in [-0.05, 0) is 6.07 Å². The van der Waals surface area contributed by atoms with Crippen LogP contribution in [0, 0.1) is 0 Å². The van der Waals surface area contributed by atoms with E-state index < -0.39 is 5.24 Å². The molecule has 1 amide bonds. The monoisotopic (exact) mass is 199 g/mol. The largest absolute Gasteiger partial charge is 0.392 e. The van der Waals surface area contributed by atoms with Gasteiger partial charge < -0.3 is 5.11 Å². The molecule has 0 saturated carbocycles. The Kier molecular flexibility index (Phi) is 3.30. The van der Waals surface area contributed by atoms with E-state index in [9.17, 15) is 10.0 Å². The van der Waals surface area contributed by atoms with E-state index in [1.54, 1.807) is 18.2 Å². The van der Waals surface area contributed by atoms with E-state index in [4.69, 9.17) is 5.11 Å². The lowest BCUT2D eigenvalue weighted by Crippen LogP contribution is -2.21. The molecule has 0 atom stereocenters. The molecular weight excluding hydrogens is 190 g/mol. The van der Waals surface area contributed by atoms with E-state index in [1.165, 1.54) is 6.07 Å². The maximum Gasteiger partial charge on any atom is 0.306 e. The minimum Gasteiger partial charge on any atom is -0.392 e. The third-order valence-electron chi connectivity index (χ3n) is 1.57. The van der Waals surface area contributed by atoms with Crippen molar-refractivity contribution in [2.24, 2.45) is 0 Å². The molecule has 1 aromatic rings. The van der Waals surface area contributed by atoms with Crippen molar-refractivity contribution in [3.8, 4) is 0 Å². The summed E-state index contributed by atoms with van der Waals surface area (Å²) in [5.74, 6) is 0. The second-order valence-electron chi connectivity index (χ2n) is 2.38. The summed E-state index contributed by atoms with van der Waals surface area (Å²) in [4.78, 5) is 10.7. The van der Waals surface area contributed by atoms with Gasteiger partial charge >= 0.3 is 5.24 Å². The number of nitrogens with zero attached hydrogens (tertiary/aromatic N) is 1. The number of aliphatic hydroxyl groups excluding tert-OH is 1. The number of hydrogen-bond acceptors (Lipinski definition) is 3. The molecule has 5 heteroatoms. The molecule has 0 radical (unpaired) electrons. The lowest BCUT2D eigenvalue weighted by molar-refractivity contribution is 0.223. The van der Waals surface area contributed by atoms with Gasteiger partial charge in [-0.1, -0.05) is 30.8 Å². The number of hydrogen-bond donors (Lipinski definition) is 3. The first-order valence-corrected chi connectivity index (χ1v) is 4.02. The van der Waals surface area contributed by atoms with E-state index in [2.05, 4.69) is 12.6 Å². The Morgan fingerprint density at radius 1 is 1.46 bits per heavy atom. The highest BCUT2D eigenvalue weighted by Gasteiger charge is 2.11. The topological polar surface area (TPSA) is 60.8 Å². The van der Waals surface area contributed by atoms with E-state index in [1.807, 2.05) is 0 Å². The number of hydroxylamine groups is 1. The van der Waals surface area contributed by atoms with Gasteiger partial charge in [-0.3, -0.25) is 10.0 Å². The van der Waals surface area contributed by atoms with Crippen LogP contribution in [0.5, 0.6) is 0 Å². The van der Waals surface area contributed by atoms with Crippen LogP contribution in [0.3, 0.4) is 0 Å². The predicted molar refractivity (Wildman–Crippen MR) is 51.0 cm³/mol. The van der Waals surface area contributed by atoms with Gasteiger partial charge in [0.15, 0.2) is 0 Å². The van der Waals surface area contributed by atoms with Crippen LogP contribution in [0.2, 0.25) is 0 Å². The van der Waals surface area contributed by atoms with Gasteiger partial charge in [0.2, 0.25) is 0 Å². The molecule has 0 aliphatic rings. The first-order chi connectivity index (χ1) is 6.16. The smallest absolute Gasteiger partial charge is 0.306 e. The molecule has 0 unspecified atom stereocenters. The van der Waals surface area contributed by atoms with Crippen LogP contribution >= 0.6 is 12.6 Å². The SMILES string of the molecule is O=C(S)N(O)c1ccccc1CO. The third-order valence-corrected chi connectivity index (χ3v) is 1.76. The van der Waals surface area contributed by atoms with E-state index >= 15 is 0 Å². The molecule has 1 aromatic carbocycles. The number of para-hydroxylation sites is 1. The summed E-state index contributed by atoms with van der Waals surface area (Å²) in [5, 5.41) is 17.7. The Morgan fingerprint density at radius 2 is 2.08 bits per heavy atom. The number of anilines is 1. The molecule has 0 saturated heterocycles. The molecule has 0 bridgehead atoms. The molecule has 0 aliphatic heterocycles. The van der Waals surface area contributed by atoms with E-state index in [0.29, 0.717) is 10.6 Å². The summed E-state index contributed by atoms with van der Waals surface area (Å²) in [5.41, 5.74) is 0.706. The van der Waals surface area contributed by atoms with E-state index in [0.717, 1.165) is 0 Å². The number of rotatable bonds is 2. The van der Waals surface area contributed by atoms with Crippen LogP contribution in [0.15, 0.2) is 24.3 Å². The van der Waals surface area contributed by atoms with Gasteiger partial charge in [-0.15, -0.1) is 0 Å². The highest BCUT2D eigenvalue weighted by atomic mass is 32.1. The van der Waals surface area contributed by atoms with Crippen LogP contribution in [0.1, 0.15) is 5.56 Å². The predicted octanol–water partition coefficient (Wildman–Crippen LogP) is 1.42. The van der Waals surface area contributed by atoms with Crippen molar-refractivity contribution < 1.29 is 15.1 Å². The molecule has 0 heterocycles. The van der Waals surface area contributed by atoms with Crippen LogP contribution < -0.4 is 5.06 Å². The van der Waals surface area contributed by atoms with Crippen molar-refractivity contribution in [3.05, 3.63) is 29.8 Å². The van der Waals surface area contributed by atoms with Gasteiger partial charge in [-0.2, -0.15) is 5.06 Å². The first-order valence-electron chi connectivity index (χ1n) is 3.57. The quantitative estimate of drug-likeness (QED) is 0.383. The zero-order valence-corrected chi connectivity index (χ0v) is 7.61. The van der Waals surface area contributed by atoms with Crippen LogP contribution in [0.4, 0.5) is 10.5 Å². The summed E-state index contributed by atoms with van der Waals surface area (Å²) < 4.78 is 0. The van der Waals surface area contributed by atoms with Crippen molar-refractivity contribution in [2.75, 3.05) is 5.06 Å². The fourth-order valence-electron chi connectivity index (χ4n) is 0.954. The molecule has 0 fully saturated rings. The Morgan fingerprint density at radius 3 is 2.62 bits per heavy atom. The standard InChI is InChI=1S/C8H9NO3S/c10-5-6-3-1-2-4-7(6)9(12)8(11)13/h1-4,10,12H,5H2,(H,11,13). The normalized spacial score (nSPS) is 9.77. The fraction of sp³-hybridized carbons (Fsp3) is 0.125. The Bertz CT molecular complexity index is 316. The fourth-order valence-corrected chi connectivity index (χ4v) is 1.06. The number of amides is 1. The Balaban J connectivity index is 3.05. The summed E-state index contributed by atoms with van der Waals surface area (Å²) in [6, 6.07) is 6.47. The lowest BCUT2D eigenvalue weighted by Gasteiger charge is -2.14. The average molecular weight is 199 g/mol. The van der Waals surface area contributed by atoms with Gasteiger partial charge in [0.05, 0.1) is 12.3 Å². The van der Waals surface area contributed by atoms with Crippen molar-refractivity contribution >= 4 is 23.6 Å². The number of benzene rings is 1. The molecule has 0 spiro atoms. The van der Waals surface area contributed by atoms with Crippen molar-refractivity contribution in [3.63, 3.8) is 0 Å². The molecular formula is C8H9NO3S. The second kappa shape index (κ2) is 4.27. The zero-order chi connectivity index (χ0) is 9.84. The van der Waals surface area contributed by atoms with Crippen LogP contribution in [-0.4, -0.2) is 15.6 Å². The van der Waals surface area contributed by atoms with Crippen molar-refractivity contribution in [2.45, 2.75) is 6.61 Å². The summed E-state index contributed by atoms with van der Waals surface area (Å²) in [7, 11) is 0. The van der Waals surface area contributed by atoms with E-state index in [-0.39, 0.29) is 12.3 Å². The number of thiol groups is 1. The number of carbonyl (C=O) groups is 1. The minimum atomic E-state index is -0.791. The van der Waals surface area contributed by atoms with Crippen LogP contribution in [0.25, 0.3) is 0 Å². The maximum atomic E-state index is 10.7. The minimum absolute atomic E-state index is 0.241. The maximum absolute atomic E-state index is 10.7. The highest BCUT2D eigenvalue weighted by molar-refractivity contribution is 7.96. The summed E-state index contributed by atoms with van der Waals surface area (Å²) >= 11 is 3.45.